The number of nitrogens with one attached hydrogen (secondary N) is 1. The quantitative estimate of drug-likeness (QED) is 0.821. The van der Waals surface area contributed by atoms with Crippen molar-refractivity contribution in [1.29, 1.82) is 0 Å². The molecule has 0 unspecified atom stereocenters. The summed E-state index contributed by atoms with van der Waals surface area (Å²) in [6.45, 7) is 8.00. The minimum absolute atomic E-state index is 0.0894. The van der Waals surface area contributed by atoms with Crippen molar-refractivity contribution >= 4 is 27.5 Å². The van der Waals surface area contributed by atoms with Crippen molar-refractivity contribution in [2.24, 2.45) is 0 Å². The SMILES string of the molecule is Cc1ccc(NC(=O)c2ccc(OC(C)C)c(Br)c2)cc1C. The zero-order chi connectivity index (χ0) is 16.3. The van der Waals surface area contributed by atoms with Crippen LogP contribution in [-0.2, 0) is 0 Å². The first-order valence-electron chi connectivity index (χ1n) is 7.21. The molecule has 22 heavy (non-hydrogen) atoms. The van der Waals surface area contributed by atoms with E-state index < -0.39 is 0 Å². The van der Waals surface area contributed by atoms with E-state index in [1.165, 1.54) is 5.56 Å². The summed E-state index contributed by atoms with van der Waals surface area (Å²) in [6, 6.07) is 11.2. The van der Waals surface area contributed by atoms with Gasteiger partial charge in [0.15, 0.2) is 0 Å². The maximum absolute atomic E-state index is 12.3. The highest BCUT2D eigenvalue weighted by atomic mass is 79.9. The predicted molar refractivity (Wildman–Crippen MR) is 93.8 cm³/mol. The summed E-state index contributed by atoms with van der Waals surface area (Å²) in [6.07, 6.45) is 0.0894. The van der Waals surface area contributed by atoms with E-state index in [1.807, 2.05) is 45.9 Å². The van der Waals surface area contributed by atoms with Gasteiger partial charge in [-0.2, -0.15) is 0 Å². The van der Waals surface area contributed by atoms with Crippen molar-refractivity contribution in [3.05, 3.63) is 57.6 Å². The lowest BCUT2D eigenvalue weighted by Gasteiger charge is -2.13. The van der Waals surface area contributed by atoms with Gasteiger partial charge in [0, 0.05) is 11.3 Å². The second kappa shape index (κ2) is 6.97. The number of anilines is 1. The molecule has 0 saturated heterocycles. The molecule has 0 radical (unpaired) electrons. The van der Waals surface area contributed by atoms with E-state index in [0.29, 0.717) is 5.56 Å². The van der Waals surface area contributed by atoms with Gasteiger partial charge >= 0.3 is 0 Å². The van der Waals surface area contributed by atoms with Crippen molar-refractivity contribution in [2.75, 3.05) is 5.32 Å². The van der Waals surface area contributed by atoms with Crippen molar-refractivity contribution in [1.82, 2.24) is 0 Å². The molecule has 2 rings (SSSR count). The number of hydrogen-bond acceptors (Lipinski definition) is 2. The van der Waals surface area contributed by atoms with Gasteiger partial charge in [0.2, 0.25) is 0 Å². The highest BCUT2D eigenvalue weighted by Crippen LogP contribution is 2.27. The highest BCUT2D eigenvalue weighted by molar-refractivity contribution is 9.10. The average Bonchev–Trinajstić information content (AvgIpc) is 2.44. The Bertz CT molecular complexity index is 695. The van der Waals surface area contributed by atoms with Crippen LogP contribution in [0.4, 0.5) is 5.69 Å². The zero-order valence-electron chi connectivity index (χ0n) is 13.2. The standard InChI is InChI=1S/C18H20BrNO2/c1-11(2)22-17-8-6-14(10-16(17)19)18(21)20-15-7-5-12(3)13(4)9-15/h5-11H,1-4H3,(H,20,21). The topological polar surface area (TPSA) is 38.3 Å². The number of amides is 1. The Morgan fingerprint density at radius 2 is 1.82 bits per heavy atom. The van der Waals surface area contributed by atoms with Gasteiger partial charge in [-0.05, 0) is 85.1 Å². The molecule has 0 heterocycles. The summed E-state index contributed by atoms with van der Waals surface area (Å²) in [5, 5.41) is 2.91. The Balaban J connectivity index is 2.15. The van der Waals surface area contributed by atoms with Crippen LogP contribution in [0.1, 0.15) is 35.3 Å². The normalized spacial score (nSPS) is 10.6. The van der Waals surface area contributed by atoms with Gasteiger partial charge in [0.25, 0.3) is 5.91 Å². The van der Waals surface area contributed by atoms with Crippen LogP contribution < -0.4 is 10.1 Å². The monoisotopic (exact) mass is 361 g/mol. The molecule has 2 aromatic rings. The van der Waals surface area contributed by atoms with Gasteiger partial charge in [0.1, 0.15) is 5.75 Å². The smallest absolute Gasteiger partial charge is 0.255 e. The molecular formula is C18H20BrNO2. The molecule has 0 aliphatic rings. The lowest BCUT2D eigenvalue weighted by molar-refractivity contribution is 0.102. The zero-order valence-corrected chi connectivity index (χ0v) is 14.8. The number of ether oxygens (including phenoxy) is 1. The van der Waals surface area contributed by atoms with Crippen LogP contribution in [-0.4, -0.2) is 12.0 Å². The third kappa shape index (κ3) is 4.10. The first-order chi connectivity index (χ1) is 10.4. The second-order valence-corrected chi connectivity index (χ2v) is 6.42. The van der Waals surface area contributed by atoms with Crippen LogP contribution in [0.3, 0.4) is 0 Å². The lowest BCUT2D eigenvalue weighted by Crippen LogP contribution is -2.12. The van der Waals surface area contributed by atoms with Gasteiger partial charge in [-0.15, -0.1) is 0 Å². The van der Waals surface area contributed by atoms with Crippen LogP contribution in [0.15, 0.2) is 40.9 Å². The second-order valence-electron chi connectivity index (χ2n) is 5.56. The van der Waals surface area contributed by atoms with Crippen LogP contribution in [0.2, 0.25) is 0 Å². The molecule has 0 bridgehead atoms. The maximum atomic E-state index is 12.3. The first kappa shape index (κ1) is 16.6. The molecule has 0 fully saturated rings. The van der Waals surface area contributed by atoms with Crippen LogP contribution >= 0.6 is 15.9 Å². The van der Waals surface area contributed by atoms with E-state index in [0.717, 1.165) is 21.5 Å². The van der Waals surface area contributed by atoms with E-state index in [9.17, 15) is 4.79 Å². The Kier molecular flexibility index (Phi) is 5.24. The molecule has 0 aliphatic carbocycles. The molecule has 116 valence electrons. The first-order valence-corrected chi connectivity index (χ1v) is 8.01. The number of rotatable bonds is 4. The van der Waals surface area contributed by atoms with Gasteiger partial charge in [-0.3, -0.25) is 4.79 Å². The third-order valence-corrected chi connectivity index (χ3v) is 3.94. The number of benzene rings is 2. The molecule has 1 N–H and O–H groups in total. The van der Waals surface area contributed by atoms with E-state index >= 15 is 0 Å². The molecule has 0 spiro atoms. The average molecular weight is 362 g/mol. The molecule has 0 saturated carbocycles. The Morgan fingerprint density at radius 3 is 2.41 bits per heavy atom. The number of halogens is 1. The van der Waals surface area contributed by atoms with E-state index in [4.69, 9.17) is 4.74 Å². The molecule has 0 atom stereocenters. The predicted octanol–water partition coefficient (Wildman–Crippen LogP) is 5.11. The largest absolute Gasteiger partial charge is 0.490 e. The Morgan fingerprint density at radius 1 is 1.09 bits per heavy atom. The summed E-state index contributed by atoms with van der Waals surface area (Å²) in [5.74, 6) is 0.595. The van der Waals surface area contributed by atoms with Crippen LogP contribution in [0, 0.1) is 13.8 Å². The van der Waals surface area contributed by atoms with Crippen molar-refractivity contribution in [2.45, 2.75) is 33.8 Å². The van der Waals surface area contributed by atoms with Crippen molar-refractivity contribution in [3.8, 4) is 5.75 Å². The van der Waals surface area contributed by atoms with Crippen molar-refractivity contribution < 1.29 is 9.53 Å². The summed E-state index contributed by atoms with van der Waals surface area (Å²) >= 11 is 3.45. The lowest BCUT2D eigenvalue weighted by atomic mass is 10.1. The number of carbonyl (C=O) groups is 1. The minimum Gasteiger partial charge on any atom is -0.490 e. The molecule has 3 nitrogen and oxygen atoms in total. The molecule has 0 aromatic heterocycles. The van der Waals surface area contributed by atoms with Gasteiger partial charge < -0.3 is 10.1 Å². The maximum Gasteiger partial charge on any atom is 0.255 e. The highest BCUT2D eigenvalue weighted by Gasteiger charge is 2.10. The van der Waals surface area contributed by atoms with E-state index in [1.54, 1.807) is 18.2 Å². The van der Waals surface area contributed by atoms with Gasteiger partial charge in [-0.25, -0.2) is 0 Å². The fourth-order valence-corrected chi connectivity index (χ4v) is 2.49. The Hall–Kier alpha value is -1.81. The molecule has 2 aromatic carbocycles. The number of hydrogen-bond donors (Lipinski definition) is 1. The fourth-order valence-electron chi connectivity index (χ4n) is 2.01. The summed E-state index contributed by atoms with van der Waals surface area (Å²) < 4.78 is 6.42. The van der Waals surface area contributed by atoms with E-state index in [2.05, 4.69) is 21.2 Å². The van der Waals surface area contributed by atoms with E-state index in [-0.39, 0.29) is 12.0 Å². The summed E-state index contributed by atoms with van der Waals surface area (Å²) in [5.41, 5.74) is 3.74. The number of aryl methyl sites for hydroxylation is 2. The fraction of sp³-hybridized carbons (Fsp3) is 0.278. The van der Waals surface area contributed by atoms with Crippen LogP contribution in [0.25, 0.3) is 0 Å². The van der Waals surface area contributed by atoms with Gasteiger partial charge in [-0.1, -0.05) is 6.07 Å². The molecular weight excluding hydrogens is 342 g/mol. The summed E-state index contributed by atoms with van der Waals surface area (Å²) in [4.78, 5) is 12.3. The Labute approximate surface area is 139 Å². The molecule has 1 amide bonds. The third-order valence-electron chi connectivity index (χ3n) is 3.32. The van der Waals surface area contributed by atoms with Gasteiger partial charge in [0.05, 0.1) is 10.6 Å². The molecule has 4 heteroatoms. The summed E-state index contributed by atoms with van der Waals surface area (Å²) in [7, 11) is 0. The minimum atomic E-state index is -0.139. The van der Waals surface area contributed by atoms with Crippen molar-refractivity contribution in [3.63, 3.8) is 0 Å². The molecule has 0 aliphatic heterocycles. The number of carbonyl (C=O) groups excluding carboxylic acids is 1. The van der Waals surface area contributed by atoms with Crippen LogP contribution in [0.5, 0.6) is 5.75 Å².